The van der Waals surface area contributed by atoms with Crippen molar-refractivity contribution in [1.29, 1.82) is 0 Å². The molecule has 0 saturated carbocycles. The fourth-order valence-electron chi connectivity index (χ4n) is 4.13. The van der Waals surface area contributed by atoms with Gasteiger partial charge >= 0.3 is 12.1 Å². The Bertz CT molecular complexity index is 829. The molecular weight excluding hydrogens is 381 g/mol. The number of hydrogen-bond acceptors (Lipinski definition) is 4. The van der Waals surface area contributed by atoms with Crippen molar-refractivity contribution in [2.75, 3.05) is 33.7 Å². The lowest BCUT2D eigenvalue weighted by Gasteiger charge is -2.34. The SMILES string of the molecule is CN1C(=O)N(C)C2C1NC(=O)N2CC(=O)N1CCC(Oc2ccccc2F)CC1. The number of fused-ring (bicyclic) bond motifs is 1. The molecule has 3 aliphatic heterocycles. The molecule has 0 aromatic heterocycles. The molecule has 156 valence electrons. The van der Waals surface area contributed by atoms with Crippen LogP contribution in [0.4, 0.5) is 14.0 Å². The molecule has 0 aliphatic carbocycles. The lowest BCUT2D eigenvalue weighted by Crippen LogP contribution is -2.51. The van der Waals surface area contributed by atoms with Crippen LogP contribution in [0, 0.1) is 5.82 Å². The summed E-state index contributed by atoms with van der Waals surface area (Å²) in [6.45, 7) is 0.837. The van der Waals surface area contributed by atoms with Gasteiger partial charge in [-0.3, -0.25) is 9.69 Å². The maximum atomic E-state index is 13.7. The number of carbonyl (C=O) groups is 3. The maximum Gasteiger partial charge on any atom is 0.323 e. The number of piperidine rings is 1. The summed E-state index contributed by atoms with van der Waals surface area (Å²) in [7, 11) is 3.24. The molecule has 3 heterocycles. The van der Waals surface area contributed by atoms with Crippen molar-refractivity contribution in [2.45, 2.75) is 31.3 Å². The van der Waals surface area contributed by atoms with E-state index in [-0.39, 0.29) is 36.4 Å². The zero-order valence-electron chi connectivity index (χ0n) is 16.4. The maximum absolute atomic E-state index is 13.7. The van der Waals surface area contributed by atoms with Crippen molar-refractivity contribution in [2.24, 2.45) is 0 Å². The third-order valence-corrected chi connectivity index (χ3v) is 5.78. The van der Waals surface area contributed by atoms with Gasteiger partial charge in [-0.25, -0.2) is 14.0 Å². The summed E-state index contributed by atoms with van der Waals surface area (Å²) in [5.41, 5.74) is 0. The standard InChI is InChI=1S/C19H24FN5O4/c1-22-16-17(23(2)19(22)28)25(18(27)21-16)11-15(26)24-9-7-12(8-10-24)29-14-6-4-3-5-13(14)20/h3-6,12,16-17H,7-11H2,1-2H3,(H,21,27). The molecule has 5 amide bonds. The van der Waals surface area contributed by atoms with Crippen LogP contribution < -0.4 is 10.1 Å². The Hall–Kier alpha value is -3.04. The topological polar surface area (TPSA) is 85.4 Å². The quantitative estimate of drug-likeness (QED) is 0.806. The van der Waals surface area contributed by atoms with E-state index < -0.39 is 18.1 Å². The molecule has 29 heavy (non-hydrogen) atoms. The minimum atomic E-state index is -0.508. The lowest BCUT2D eigenvalue weighted by molar-refractivity contribution is -0.134. The zero-order valence-corrected chi connectivity index (χ0v) is 16.4. The molecule has 4 rings (SSSR count). The highest BCUT2D eigenvalue weighted by atomic mass is 19.1. The third-order valence-electron chi connectivity index (χ3n) is 5.78. The van der Waals surface area contributed by atoms with E-state index in [4.69, 9.17) is 4.74 Å². The Morgan fingerprint density at radius 1 is 1.17 bits per heavy atom. The van der Waals surface area contributed by atoms with E-state index in [1.54, 1.807) is 37.2 Å². The van der Waals surface area contributed by atoms with Crippen LogP contribution in [-0.4, -0.2) is 89.7 Å². The Labute approximate surface area is 168 Å². The summed E-state index contributed by atoms with van der Waals surface area (Å²) in [6, 6.07) is 5.69. The van der Waals surface area contributed by atoms with Gasteiger partial charge in [0.1, 0.15) is 25.0 Å². The van der Waals surface area contributed by atoms with Crippen molar-refractivity contribution in [3.05, 3.63) is 30.1 Å². The molecule has 3 saturated heterocycles. The molecule has 3 fully saturated rings. The van der Waals surface area contributed by atoms with Gasteiger partial charge in [-0.15, -0.1) is 0 Å². The van der Waals surface area contributed by atoms with Crippen molar-refractivity contribution < 1.29 is 23.5 Å². The highest BCUT2D eigenvalue weighted by Gasteiger charge is 2.53. The summed E-state index contributed by atoms with van der Waals surface area (Å²) >= 11 is 0. The summed E-state index contributed by atoms with van der Waals surface area (Å²) in [5, 5.41) is 2.75. The van der Waals surface area contributed by atoms with E-state index in [1.165, 1.54) is 20.8 Å². The van der Waals surface area contributed by atoms with Gasteiger partial charge in [-0.2, -0.15) is 0 Å². The average molecular weight is 405 g/mol. The van der Waals surface area contributed by atoms with Crippen LogP contribution in [-0.2, 0) is 4.79 Å². The van der Waals surface area contributed by atoms with E-state index in [1.807, 2.05) is 0 Å². The van der Waals surface area contributed by atoms with Gasteiger partial charge in [0.05, 0.1) is 0 Å². The molecule has 1 aromatic rings. The van der Waals surface area contributed by atoms with Crippen molar-refractivity contribution in [3.63, 3.8) is 0 Å². The molecule has 1 aromatic carbocycles. The Morgan fingerprint density at radius 2 is 1.86 bits per heavy atom. The largest absolute Gasteiger partial charge is 0.487 e. The number of ether oxygens (including phenoxy) is 1. The number of para-hydroxylation sites is 1. The second-order valence-corrected chi connectivity index (χ2v) is 7.57. The number of carbonyl (C=O) groups excluding carboxylic acids is 3. The van der Waals surface area contributed by atoms with Gasteiger partial charge in [0.2, 0.25) is 5.91 Å². The number of hydrogen-bond donors (Lipinski definition) is 1. The van der Waals surface area contributed by atoms with Crippen LogP contribution in [0.5, 0.6) is 5.75 Å². The number of nitrogens with one attached hydrogen (secondary N) is 1. The number of rotatable bonds is 4. The molecule has 3 aliphatic rings. The van der Waals surface area contributed by atoms with E-state index >= 15 is 0 Å². The minimum Gasteiger partial charge on any atom is -0.487 e. The molecule has 10 heteroatoms. The fraction of sp³-hybridized carbons (Fsp3) is 0.526. The van der Waals surface area contributed by atoms with Crippen LogP contribution in [0.15, 0.2) is 24.3 Å². The normalized spacial score (nSPS) is 24.8. The first kappa shape index (κ1) is 19.3. The highest BCUT2D eigenvalue weighted by molar-refractivity contribution is 5.88. The van der Waals surface area contributed by atoms with Crippen LogP contribution >= 0.6 is 0 Å². The monoisotopic (exact) mass is 405 g/mol. The first-order chi connectivity index (χ1) is 13.9. The highest BCUT2D eigenvalue weighted by Crippen LogP contribution is 2.27. The van der Waals surface area contributed by atoms with Gasteiger partial charge in [0.25, 0.3) is 0 Å². The molecule has 0 radical (unpaired) electrons. The first-order valence-electron chi connectivity index (χ1n) is 9.62. The number of urea groups is 2. The number of nitrogens with zero attached hydrogens (tertiary/aromatic N) is 4. The van der Waals surface area contributed by atoms with E-state index in [0.717, 1.165) is 0 Å². The molecule has 1 N–H and O–H groups in total. The molecule has 0 spiro atoms. The predicted molar refractivity (Wildman–Crippen MR) is 100 cm³/mol. The Balaban J connectivity index is 1.33. The number of halogens is 1. The van der Waals surface area contributed by atoms with Crippen LogP contribution in [0.3, 0.4) is 0 Å². The Kier molecular flexibility index (Phi) is 4.93. The summed E-state index contributed by atoms with van der Waals surface area (Å²) in [4.78, 5) is 43.2. The minimum absolute atomic E-state index is 0.0999. The van der Waals surface area contributed by atoms with E-state index in [2.05, 4.69) is 5.32 Å². The molecule has 2 atom stereocenters. The lowest BCUT2D eigenvalue weighted by atomic mass is 10.1. The summed E-state index contributed by atoms with van der Waals surface area (Å²) in [6.07, 6.45) is 0.0278. The number of likely N-dealkylation sites (tertiary alicyclic amines) is 1. The first-order valence-corrected chi connectivity index (χ1v) is 9.62. The second-order valence-electron chi connectivity index (χ2n) is 7.57. The van der Waals surface area contributed by atoms with Gasteiger partial charge in [-0.05, 0) is 12.1 Å². The molecule has 9 nitrogen and oxygen atoms in total. The average Bonchev–Trinajstić information content (AvgIpc) is 3.14. The fourth-order valence-corrected chi connectivity index (χ4v) is 4.13. The van der Waals surface area contributed by atoms with Crippen LogP contribution in [0.1, 0.15) is 12.8 Å². The van der Waals surface area contributed by atoms with E-state index in [0.29, 0.717) is 25.9 Å². The smallest absolute Gasteiger partial charge is 0.323 e. The van der Waals surface area contributed by atoms with Crippen LogP contribution in [0.25, 0.3) is 0 Å². The third kappa shape index (κ3) is 3.43. The van der Waals surface area contributed by atoms with Gasteiger partial charge < -0.3 is 24.8 Å². The van der Waals surface area contributed by atoms with Crippen molar-refractivity contribution >= 4 is 18.0 Å². The molecular formula is C19H24FN5O4. The molecule has 0 bridgehead atoms. The number of benzene rings is 1. The summed E-state index contributed by atoms with van der Waals surface area (Å²) < 4.78 is 19.5. The van der Waals surface area contributed by atoms with E-state index in [9.17, 15) is 18.8 Å². The van der Waals surface area contributed by atoms with Crippen molar-refractivity contribution in [3.8, 4) is 5.75 Å². The van der Waals surface area contributed by atoms with Gasteiger partial charge in [0.15, 0.2) is 11.6 Å². The van der Waals surface area contributed by atoms with Crippen LogP contribution in [0.2, 0.25) is 0 Å². The van der Waals surface area contributed by atoms with Gasteiger partial charge in [-0.1, -0.05) is 12.1 Å². The zero-order chi connectivity index (χ0) is 20.7. The number of amides is 5. The predicted octanol–water partition coefficient (Wildman–Crippen LogP) is 0.870. The van der Waals surface area contributed by atoms with Gasteiger partial charge in [0, 0.05) is 40.0 Å². The van der Waals surface area contributed by atoms with Crippen molar-refractivity contribution in [1.82, 2.24) is 24.9 Å². The number of likely N-dealkylation sites (N-methyl/N-ethyl adjacent to an activating group) is 2. The Morgan fingerprint density at radius 3 is 2.55 bits per heavy atom. The summed E-state index contributed by atoms with van der Waals surface area (Å²) in [5.74, 6) is -0.364. The second kappa shape index (κ2) is 7.41. The molecule has 2 unspecified atom stereocenters.